The van der Waals surface area contributed by atoms with E-state index in [4.69, 9.17) is 11.6 Å². The van der Waals surface area contributed by atoms with Crippen molar-refractivity contribution in [1.82, 2.24) is 10.2 Å². The van der Waals surface area contributed by atoms with Gasteiger partial charge in [0.2, 0.25) is 0 Å². The molecule has 3 heteroatoms. The molecule has 1 rings (SSSR count). The van der Waals surface area contributed by atoms with Crippen molar-refractivity contribution in [3.8, 4) is 0 Å². The first-order chi connectivity index (χ1) is 8.35. The van der Waals surface area contributed by atoms with Crippen LogP contribution in [0.15, 0.2) is 24.3 Å². The van der Waals surface area contributed by atoms with E-state index in [1.807, 2.05) is 19.2 Å². The normalized spacial score (nSPS) is 13.9. The molecular formula is C15H25ClN2. The van der Waals surface area contributed by atoms with E-state index >= 15 is 0 Å². The van der Waals surface area contributed by atoms with Crippen molar-refractivity contribution < 1.29 is 0 Å². The van der Waals surface area contributed by atoms with Crippen LogP contribution in [0.1, 0.15) is 32.4 Å². The molecule has 0 aliphatic carbocycles. The van der Waals surface area contributed by atoms with Crippen molar-refractivity contribution in [2.45, 2.75) is 26.8 Å². The fourth-order valence-electron chi connectivity index (χ4n) is 2.34. The van der Waals surface area contributed by atoms with Gasteiger partial charge < -0.3 is 5.32 Å². The molecule has 0 aliphatic heterocycles. The van der Waals surface area contributed by atoms with Crippen molar-refractivity contribution in [1.29, 1.82) is 0 Å². The van der Waals surface area contributed by atoms with E-state index in [0.717, 1.165) is 18.1 Å². The Kier molecular flexibility index (Phi) is 5.64. The van der Waals surface area contributed by atoms with Crippen molar-refractivity contribution in [2.75, 3.05) is 27.2 Å². The Hall–Kier alpha value is -0.570. The third-order valence-corrected chi connectivity index (χ3v) is 3.60. The molecule has 1 aromatic rings. The molecular weight excluding hydrogens is 244 g/mol. The summed E-state index contributed by atoms with van der Waals surface area (Å²) in [5.74, 6) is 0. The van der Waals surface area contributed by atoms with Gasteiger partial charge in [0.15, 0.2) is 0 Å². The number of nitrogens with zero attached hydrogens (tertiary/aromatic N) is 1. The molecule has 0 saturated carbocycles. The standard InChI is InChI=1S/C15H25ClN2/c1-12(13-6-8-14(16)9-7-13)18(5)11-15(2,3)10-17-4/h6-9,12,17H,10-11H2,1-5H3. The van der Waals surface area contributed by atoms with Gasteiger partial charge in [-0.15, -0.1) is 0 Å². The molecule has 0 radical (unpaired) electrons. The molecule has 0 saturated heterocycles. The second-order valence-corrected chi connectivity index (χ2v) is 6.27. The van der Waals surface area contributed by atoms with Gasteiger partial charge in [-0.1, -0.05) is 37.6 Å². The highest BCUT2D eigenvalue weighted by molar-refractivity contribution is 6.30. The summed E-state index contributed by atoms with van der Waals surface area (Å²) < 4.78 is 0. The van der Waals surface area contributed by atoms with Gasteiger partial charge in [0.25, 0.3) is 0 Å². The van der Waals surface area contributed by atoms with E-state index in [1.165, 1.54) is 5.56 Å². The Morgan fingerprint density at radius 1 is 1.28 bits per heavy atom. The largest absolute Gasteiger partial charge is 0.319 e. The molecule has 0 aromatic heterocycles. The second kappa shape index (κ2) is 6.55. The summed E-state index contributed by atoms with van der Waals surface area (Å²) in [6, 6.07) is 8.53. The Labute approximate surface area is 116 Å². The average Bonchev–Trinajstić information content (AvgIpc) is 2.28. The van der Waals surface area contributed by atoms with Gasteiger partial charge in [0.1, 0.15) is 0 Å². The van der Waals surface area contributed by atoms with Crippen LogP contribution in [-0.2, 0) is 0 Å². The lowest BCUT2D eigenvalue weighted by atomic mass is 9.92. The van der Waals surface area contributed by atoms with Crippen LogP contribution in [0.25, 0.3) is 0 Å². The topological polar surface area (TPSA) is 15.3 Å². The summed E-state index contributed by atoms with van der Waals surface area (Å²) in [7, 11) is 4.18. The molecule has 1 N–H and O–H groups in total. The third kappa shape index (κ3) is 4.60. The van der Waals surface area contributed by atoms with E-state index in [0.29, 0.717) is 6.04 Å². The van der Waals surface area contributed by atoms with Gasteiger partial charge in [-0.05, 0) is 44.1 Å². The van der Waals surface area contributed by atoms with E-state index in [2.05, 4.69) is 50.2 Å². The number of rotatable bonds is 6. The lowest BCUT2D eigenvalue weighted by Gasteiger charge is -2.34. The zero-order chi connectivity index (χ0) is 13.8. The molecule has 0 bridgehead atoms. The Morgan fingerprint density at radius 3 is 2.33 bits per heavy atom. The van der Waals surface area contributed by atoms with Crippen LogP contribution in [-0.4, -0.2) is 32.1 Å². The monoisotopic (exact) mass is 268 g/mol. The molecule has 1 atom stereocenters. The van der Waals surface area contributed by atoms with E-state index in [-0.39, 0.29) is 5.41 Å². The summed E-state index contributed by atoms with van der Waals surface area (Å²) in [6.07, 6.45) is 0. The molecule has 102 valence electrons. The minimum absolute atomic E-state index is 0.268. The molecule has 1 aromatic carbocycles. The first-order valence-corrected chi connectivity index (χ1v) is 6.84. The first kappa shape index (κ1) is 15.5. The molecule has 18 heavy (non-hydrogen) atoms. The van der Waals surface area contributed by atoms with Gasteiger partial charge in [-0.2, -0.15) is 0 Å². The fraction of sp³-hybridized carbons (Fsp3) is 0.600. The van der Waals surface area contributed by atoms with Crippen LogP contribution in [0.5, 0.6) is 0 Å². The van der Waals surface area contributed by atoms with Crippen LogP contribution in [0, 0.1) is 5.41 Å². The lowest BCUT2D eigenvalue weighted by Crippen LogP contribution is -2.38. The molecule has 0 amide bonds. The highest BCUT2D eigenvalue weighted by Crippen LogP contribution is 2.24. The highest BCUT2D eigenvalue weighted by Gasteiger charge is 2.22. The summed E-state index contributed by atoms with van der Waals surface area (Å²) in [6.45, 7) is 8.88. The molecule has 1 unspecified atom stereocenters. The number of benzene rings is 1. The maximum atomic E-state index is 5.92. The second-order valence-electron chi connectivity index (χ2n) is 5.84. The maximum absolute atomic E-state index is 5.92. The van der Waals surface area contributed by atoms with Gasteiger partial charge >= 0.3 is 0 Å². The summed E-state index contributed by atoms with van der Waals surface area (Å²) in [5, 5.41) is 4.05. The number of hydrogen-bond donors (Lipinski definition) is 1. The maximum Gasteiger partial charge on any atom is 0.0406 e. The lowest BCUT2D eigenvalue weighted by molar-refractivity contribution is 0.168. The summed E-state index contributed by atoms with van der Waals surface area (Å²) in [5.41, 5.74) is 1.58. The third-order valence-electron chi connectivity index (χ3n) is 3.35. The van der Waals surface area contributed by atoms with E-state index in [9.17, 15) is 0 Å². The Balaban J connectivity index is 2.66. The molecule has 0 aliphatic rings. The van der Waals surface area contributed by atoms with E-state index in [1.54, 1.807) is 0 Å². The zero-order valence-corrected chi connectivity index (χ0v) is 12.9. The predicted molar refractivity (Wildman–Crippen MR) is 80.2 cm³/mol. The van der Waals surface area contributed by atoms with Crippen molar-refractivity contribution in [3.63, 3.8) is 0 Å². The van der Waals surface area contributed by atoms with Crippen molar-refractivity contribution in [2.24, 2.45) is 5.41 Å². The van der Waals surface area contributed by atoms with Gasteiger partial charge in [0.05, 0.1) is 0 Å². The van der Waals surface area contributed by atoms with Gasteiger partial charge in [0, 0.05) is 24.2 Å². The zero-order valence-electron chi connectivity index (χ0n) is 12.1. The molecule has 0 fully saturated rings. The summed E-state index contributed by atoms with van der Waals surface area (Å²) in [4.78, 5) is 2.39. The molecule has 0 heterocycles. The average molecular weight is 269 g/mol. The fourth-order valence-corrected chi connectivity index (χ4v) is 2.47. The highest BCUT2D eigenvalue weighted by atomic mass is 35.5. The van der Waals surface area contributed by atoms with Gasteiger partial charge in [-0.25, -0.2) is 0 Å². The number of halogens is 1. The van der Waals surface area contributed by atoms with Crippen LogP contribution < -0.4 is 5.32 Å². The minimum atomic E-state index is 0.268. The summed E-state index contributed by atoms with van der Waals surface area (Å²) >= 11 is 5.92. The van der Waals surface area contributed by atoms with Crippen molar-refractivity contribution in [3.05, 3.63) is 34.9 Å². The Bertz CT molecular complexity index is 359. The SMILES string of the molecule is CNCC(C)(C)CN(C)C(C)c1ccc(Cl)cc1. The van der Waals surface area contributed by atoms with E-state index < -0.39 is 0 Å². The number of nitrogens with one attached hydrogen (secondary N) is 1. The molecule has 0 spiro atoms. The Morgan fingerprint density at radius 2 is 1.83 bits per heavy atom. The van der Waals surface area contributed by atoms with Crippen molar-refractivity contribution >= 4 is 11.6 Å². The smallest absolute Gasteiger partial charge is 0.0406 e. The first-order valence-electron chi connectivity index (χ1n) is 6.46. The predicted octanol–water partition coefficient (Wildman–Crippen LogP) is 3.58. The molecule has 2 nitrogen and oxygen atoms in total. The van der Waals surface area contributed by atoms with Crippen LogP contribution in [0.3, 0.4) is 0 Å². The van der Waals surface area contributed by atoms with Crippen LogP contribution in [0.4, 0.5) is 0 Å². The van der Waals surface area contributed by atoms with Crippen LogP contribution >= 0.6 is 11.6 Å². The number of hydrogen-bond acceptors (Lipinski definition) is 2. The van der Waals surface area contributed by atoms with Gasteiger partial charge in [-0.3, -0.25) is 4.90 Å². The minimum Gasteiger partial charge on any atom is -0.319 e. The quantitative estimate of drug-likeness (QED) is 0.848. The van der Waals surface area contributed by atoms with Crippen LogP contribution in [0.2, 0.25) is 5.02 Å².